The largest absolute Gasteiger partial charge is 0.359 e. The molecule has 1 rings (SSSR count). The number of hydrogen-bond donors (Lipinski definition) is 1. The minimum absolute atomic E-state index is 0.0387. The molecule has 0 aliphatic carbocycles. The molecule has 1 heterocycles. The van der Waals surface area contributed by atoms with Gasteiger partial charge in [0, 0.05) is 6.04 Å². The van der Waals surface area contributed by atoms with Gasteiger partial charge in [-0.2, -0.15) is 0 Å². The zero-order valence-electron chi connectivity index (χ0n) is 11.0. The van der Waals surface area contributed by atoms with E-state index in [0.717, 1.165) is 25.9 Å². The molecule has 2 heteroatoms. The van der Waals surface area contributed by atoms with E-state index >= 15 is 0 Å². The summed E-state index contributed by atoms with van der Waals surface area (Å²) in [6.45, 7) is 12.2. The van der Waals surface area contributed by atoms with Gasteiger partial charge in [0.25, 0.3) is 0 Å². The fourth-order valence-electron chi connectivity index (χ4n) is 2.57. The molecule has 1 aliphatic rings. The maximum atomic E-state index is 6.05. The van der Waals surface area contributed by atoms with Crippen LogP contribution in [0.25, 0.3) is 0 Å². The first kappa shape index (κ1) is 13.0. The van der Waals surface area contributed by atoms with E-state index in [4.69, 9.17) is 4.74 Å². The van der Waals surface area contributed by atoms with Crippen LogP contribution < -0.4 is 5.32 Å². The summed E-state index contributed by atoms with van der Waals surface area (Å²) in [5.41, 5.74) is -0.0387. The Morgan fingerprint density at radius 1 is 1.20 bits per heavy atom. The standard InChI is InChI=1S/C13H27NO/c1-6-12-9-15-13(14-12,7-10(2)3)8-11(4)5/h10-12,14H,6-9H2,1-5H3. The predicted octanol–water partition coefficient (Wildman–Crippen LogP) is 3.17. The first-order valence-electron chi connectivity index (χ1n) is 6.39. The molecule has 1 saturated heterocycles. The molecule has 0 aromatic rings. The van der Waals surface area contributed by atoms with Crippen LogP contribution in [0.4, 0.5) is 0 Å². The number of rotatable bonds is 5. The van der Waals surface area contributed by atoms with Crippen molar-refractivity contribution >= 4 is 0 Å². The van der Waals surface area contributed by atoms with Gasteiger partial charge in [0.05, 0.1) is 6.61 Å². The van der Waals surface area contributed by atoms with Crippen LogP contribution in [-0.2, 0) is 4.74 Å². The van der Waals surface area contributed by atoms with Crippen LogP contribution >= 0.6 is 0 Å². The molecule has 0 spiro atoms. The number of hydrogen-bond acceptors (Lipinski definition) is 2. The fraction of sp³-hybridized carbons (Fsp3) is 1.00. The summed E-state index contributed by atoms with van der Waals surface area (Å²) in [5, 5.41) is 3.69. The van der Waals surface area contributed by atoms with Crippen molar-refractivity contribution in [3.8, 4) is 0 Å². The third-order valence-electron chi connectivity index (χ3n) is 3.00. The quantitative estimate of drug-likeness (QED) is 0.757. The van der Waals surface area contributed by atoms with Gasteiger partial charge in [-0.05, 0) is 31.1 Å². The summed E-state index contributed by atoms with van der Waals surface area (Å²) in [6, 6.07) is 0.558. The average Bonchev–Trinajstić information content (AvgIpc) is 2.45. The second-order valence-electron chi connectivity index (χ2n) is 5.75. The third-order valence-corrected chi connectivity index (χ3v) is 3.00. The monoisotopic (exact) mass is 213 g/mol. The van der Waals surface area contributed by atoms with Gasteiger partial charge in [-0.1, -0.05) is 34.6 Å². The van der Waals surface area contributed by atoms with Crippen LogP contribution in [0.2, 0.25) is 0 Å². The molecule has 0 aromatic heterocycles. The molecular formula is C13H27NO. The van der Waals surface area contributed by atoms with Crippen LogP contribution in [-0.4, -0.2) is 18.4 Å². The Kier molecular flexibility index (Phi) is 4.60. The predicted molar refractivity (Wildman–Crippen MR) is 64.8 cm³/mol. The Balaban J connectivity index is 2.61. The zero-order valence-corrected chi connectivity index (χ0v) is 11.0. The minimum atomic E-state index is -0.0387. The SMILES string of the molecule is CCC1COC(CC(C)C)(CC(C)C)N1. The highest BCUT2D eigenvalue weighted by molar-refractivity contribution is 4.89. The van der Waals surface area contributed by atoms with Crippen molar-refractivity contribution in [2.24, 2.45) is 11.8 Å². The van der Waals surface area contributed by atoms with Gasteiger partial charge in [-0.15, -0.1) is 0 Å². The topological polar surface area (TPSA) is 21.3 Å². The summed E-state index contributed by atoms with van der Waals surface area (Å²) in [6.07, 6.45) is 3.42. The normalized spacial score (nSPS) is 25.4. The maximum absolute atomic E-state index is 6.05. The van der Waals surface area contributed by atoms with Gasteiger partial charge in [0.15, 0.2) is 0 Å². The van der Waals surface area contributed by atoms with Crippen molar-refractivity contribution in [2.45, 2.75) is 65.6 Å². The third kappa shape index (κ3) is 3.76. The molecule has 1 atom stereocenters. The Morgan fingerprint density at radius 2 is 1.73 bits per heavy atom. The van der Waals surface area contributed by atoms with Gasteiger partial charge < -0.3 is 4.74 Å². The molecule has 1 unspecified atom stereocenters. The zero-order chi connectivity index (χ0) is 11.5. The van der Waals surface area contributed by atoms with E-state index in [0.29, 0.717) is 17.9 Å². The minimum Gasteiger partial charge on any atom is -0.359 e. The molecule has 1 fully saturated rings. The summed E-state index contributed by atoms with van der Waals surface area (Å²) in [4.78, 5) is 0. The lowest BCUT2D eigenvalue weighted by molar-refractivity contribution is -0.0414. The Hall–Kier alpha value is -0.0800. The summed E-state index contributed by atoms with van der Waals surface area (Å²) in [7, 11) is 0. The molecule has 0 radical (unpaired) electrons. The Morgan fingerprint density at radius 3 is 2.07 bits per heavy atom. The van der Waals surface area contributed by atoms with E-state index in [-0.39, 0.29) is 5.72 Å². The van der Waals surface area contributed by atoms with Crippen LogP contribution in [0.3, 0.4) is 0 Å². The van der Waals surface area contributed by atoms with Gasteiger partial charge >= 0.3 is 0 Å². The average molecular weight is 213 g/mol. The second kappa shape index (κ2) is 5.31. The van der Waals surface area contributed by atoms with Crippen molar-refractivity contribution in [3.63, 3.8) is 0 Å². The van der Waals surface area contributed by atoms with Crippen molar-refractivity contribution in [2.75, 3.05) is 6.61 Å². The van der Waals surface area contributed by atoms with Crippen LogP contribution in [0.15, 0.2) is 0 Å². The molecule has 2 nitrogen and oxygen atoms in total. The molecule has 0 saturated carbocycles. The first-order valence-corrected chi connectivity index (χ1v) is 6.39. The lowest BCUT2D eigenvalue weighted by atomic mass is 9.92. The van der Waals surface area contributed by atoms with Gasteiger partial charge in [-0.3, -0.25) is 5.32 Å². The van der Waals surface area contributed by atoms with E-state index in [1.807, 2.05) is 0 Å². The lowest BCUT2D eigenvalue weighted by Gasteiger charge is -2.32. The van der Waals surface area contributed by atoms with Crippen molar-refractivity contribution in [1.82, 2.24) is 5.32 Å². The highest BCUT2D eigenvalue weighted by Gasteiger charge is 2.39. The van der Waals surface area contributed by atoms with E-state index in [1.165, 1.54) is 0 Å². The fourth-order valence-corrected chi connectivity index (χ4v) is 2.57. The van der Waals surface area contributed by atoms with Gasteiger partial charge in [0.2, 0.25) is 0 Å². The number of nitrogens with one attached hydrogen (secondary N) is 1. The Bertz CT molecular complexity index is 179. The lowest BCUT2D eigenvalue weighted by Crippen LogP contribution is -2.46. The van der Waals surface area contributed by atoms with Crippen LogP contribution in [0.1, 0.15) is 53.9 Å². The second-order valence-corrected chi connectivity index (χ2v) is 5.75. The van der Waals surface area contributed by atoms with Crippen LogP contribution in [0, 0.1) is 11.8 Å². The highest BCUT2D eigenvalue weighted by Crippen LogP contribution is 2.31. The summed E-state index contributed by atoms with van der Waals surface area (Å²) >= 11 is 0. The van der Waals surface area contributed by atoms with E-state index in [9.17, 15) is 0 Å². The van der Waals surface area contributed by atoms with Crippen LogP contribution in [0.5, 0.6) is 0 Å². The van der Waals surface area contributed by atoms with Crippen molar-refractivity contribution in [1.29, 1.82) is 0 Å². The maximum Gasteiger partial charge on any atom is 0.120 e. The first-order chi connectivity index (χ1) is 6.97. The van der Waals surface area contributed by atoms with E-state index in [1.54, 1.807) is 0 Å². The summed E-state index contributed by atoms with van der Waals surface area (Å²) < 4.78 is 6.05. The highest BCUT2D eigenvalue weighted by atomic mass is 16.5. The summed E-state index contributed by atoms with van der Waals surface area (Å²) in [5.74, 6) is 1.37. The van der Waals surface area contributed by atoms with E-state index < -0.39 is 0 Å². The smallest absolute Gasteiger partial charge is 0.120 e. The molecule has 1 N–H and O–H groups in total. The van der Waals surface area contributed by atoms with Crippen molar-refractivity contribution in [3.05, 3.63) is 0 Å². The number of ether oxygens (including phenoxy) is 1. The van der Waals surface area contributed by atoms with Gasteiger partial charge in [-0.25, -0.2) is 0 Å². The Labute approximate surface area is 94.8 Å². The van der Waals surface area contributed by atoms with Gasteiger partial charge in [0.1, 0.15) is 5.72 Å². The molecule has 0 bridgehead atoms. The molecular weight excluding hydrogens is 186 g/mol. The molecule has 0 amide bonds. The van der Waals surface area contributed by atoms with Crippen molar-refractivity contribution < 1.29 is 4.74 Å². The molecule has 1 aliphatic heterocycles. The molecule has 90 valence electrons. The van der Waals surface area contributed by atoms with E-state index in [2.05, 4.69) is 39.9 Å². The molecule has 0 aromatic carbocycles. The molecule has 15 heavy (non-hydrogen) atoms.